The summed E-state index contributed by atoms with van der Waals surface area (Å²) < 4.78 is 1.85. The van der Waals surface area contributed by atoms with Gasteiger partial charge in [0.05, 0.1) is 28.8 Å². The fourth-order valence-electron chi connectivity index (χ4n) is 3.66. The van der Waals surface area contributed by atoms with Gasteiger partial charge in [-0.15, -0.1) is 0 Å². The number of aromatic amines is 1. The highest BCUT2D eigenvalue weighted by Gasteiger charge is 2.21. The van der Waals surface area contributed by atoms with E-state index in [1.54, 1.807) is 35.2 Å². The molecule has 7 nitrogen and oxygen atoms in total. The smallest absolute Gasteiger partial charge is 0.258 e. The molecular formula is C24H25N5O2. The van der Waals surface area contributed by atoms with E-state index in [0.717, 1.165) is 17.1 Å². The molecule has 0 saturated carbocycles. The van der Waals surface area contributed by atoms with E-state index in [2.05, 4.69) is 15.1 Å². The fraction of sp³-hybridized carbons (Fsp3) is 0.250. The van der Waals surface area contributed by atoms with Crippen molar-refractivity contribution in [1.29, 1.82) is 0 Å². The molecule has 0 aliphatic carbocycles. The number of benzene rings is 2. The lowest BCUT2D eigenvalue weighted by Gasteiger charge is -2.26. The van der Waals surface area contributed by atoms with Crippen LogP contribution in [0.1, 0.15) is 41.4 Å². The van der Waals surface area contributed by atoms with Crippen molar-refractivity contribution in [1.82, 2.24) is 24.6 Å². The molecule has 0 unspecified atom stereocenters. The van der Waals surface area contributed by atoms with Crippen LogP contribution in [0.4, 0.5) is 0 Å². The Morgan fingerprint density at radius 2 is 1.81 bits per heavy atom. The molecule has 0 spiro atoms. The molecule has 4 rings (SSSR count). The first kappa shape index (κ1) is 20.5. The van der Waals surface area contributed by atoms with Gasteiger partial charge in [0.15, 0.2) is 0 Å². The molecule has 1 amide bonds. The van der Waals surface area contributed by atoms with Crippen LogP contribution in [0, 0.1) is 13.8 Å². The van der Waals surface area contributed by atoms with Gasteiger partial charge in [0.2, 0.25) is 0 Å². The van der Waals surface area contributed by atoms with Crippen LogP contribution in [0.25, 0.3) is 16.6 Å². The number of nitrogens with one attached hydrogen (secondary N) is 1. The van der Waals surface area contributed by atoms with E-state index in [9.17, 15) is 9.59 Å². The molecule has 31 heavy (non-hydrogen) atoms. The molecule has 1 N–H and O–H groups in total. The Morgan fingerprint density at radius 3 is 2.45 bits per heavy atom. The van der Waals surface area contributed by atoms with E-state index >= 15 is 0 Å². The third-order valence-electron chi connectivity index (χ3n) is 5.23. The average Bonchev–Trinajstić information content (AvgIpc) is 3.09. The summed E-state index contributed by atoms with van der Waals surface area (Å²) in [5.74, 6) is 0.343. The van der Waals surface area contributed by atoms with Gasteiger partial charge < -0.3 is 9.88 Å². The molecule has 0 bridgehead atoms. The standard InChI is InChI=1S/C24H25N5O2/c1-15(2)28(14-22-25-21-8-6-5-7-20(21)23(30)26-22)24(31)18-9-11-19(12-10-18)29-17(4)13-16(3)27-29/h5-13,15H,14H2,1-4H3,(H,25,26,30). The minimum absolute atomic E-state index is 0.0695. The molecule has 0 radical (unpaired) electrons. The Hall–Kier alpha value is -3.74. The summed E-state index contributed by atoms with van der Waals surface area (Å²) in [6, 6.07) is 16.5. The van der Waals surface area contributed by atoms with Crippen LogP contribution in [0.15, 0.2) is 59.4 Å². The van der Waals surface area contributed by atoms with E-state index in [4.69, 9.17) is 0 Å². The Kier molecular flexibility index (Phi) is 5.42. The van der Waals surface area contributed by atoms with Gasteiger partial charge in [-0.2, -0.15) is 5.10 Å². The maximum Gasteiger partial charge on any atom is 0.258 e. The van der Waals surface area contributed by atoms with Gasteiger partial charge in [-0.3, -0.25) is 9.59 Å². The average molecular weight is 415 g/mol. The second-order valence-electron chi connectivity index (χ2n) is 7.94. The highest BCUT2D eigenvalue weighted by Crippen LogP contribution is 2.17. The first-order valence-corrected chi connectivity index (χ1v) is 10.3. The number of hydrogen-bond acceptors (Lipinski definition) is 4. The van der Waals surface area contributed by atoms with Crippen LogP contribution in [0.5, 0.6) is 0 Å². The van der Waals surface area contributed by atoms with Gasteiger partial charge >= 0.3 is 0 Å². The van der Waals surface area contributed by atoms with Crippen LogP contribution in [0.2, 0.25) is 0 Å². The van der Waals surface area contributed by atoms with E-state index in [1.165, 1.54) is 0 Å². The summed E-state index contributed by atoms with van der Waals surface area (Å²) >= 11 is 0. The van der Waals surface area contributed by atoms with E-state index in [1.807, 2.05) is 56.6 Å². The summed E-state index contributed by atoms with van der Waals surface area (Å²) in [4.78, 5) is 34.7. The van der Waals surface area contributed by atoms with Gasteiger partial charge in [-0.05, 0) is 70.2 Å². The molecule has 4 aromatic rings. The number of amides is 1. The maximum absolute atomic E-state index is 13.2. The maximum atomic E-state index is 13.2. The zero-order valence-electron chi connectivity index (χ0n) is 18.1. The topological polar surface area (TPSA) is 83.9 Å². The first-order valence-electron chi connectivity index (χ1n) is 10.3. The van der Waals surface area contributed by atoms with Crippen LogP contribution in [0.3, 0.4) is 0 Å². The van der Waals surface area contributed by atoms with Crippen molar-refractivity contribution >= 4 is 16.8 Å². The number of carbonyl (C=O) groups excluding carboxylic acids is 1. The number of rotatable bonds is 5. The summed E-state index contributed by atoms with van der Waals surface area (Å²) in [6.07, 6.45) is 0. The van der Waals surface area contributed by atoms with Crippen molar-refractivity contribution in [3.8, 4) is 5.69 Å². The summed E-state index contributed by atoms with van der Waals surface area (Å²) in [7, 11) is 0. The van der Waals surface area contributed by atoms with Gasteiger partial charge in [0.25, 0.3) is 11.5 Å². The summed E-state index contributed by atoms with van der Waals surface area (Å²) in [6.45, 7) is 8.06. The lowest BCUT2D eigenvalue weighted by molar-refractivity contribution is 0.0685. The number of H-pyrrole nitrogens is 1. The number of hydrogen-bond donors (Lipinski definition) is 1. The SMILES string of the molecule is Cc1cc(C)n(-c2ccc(C(=O)N(Cc3nc4ccccc4c(=O)[nH]3)C(C)C)cc2)n1. The number of para-hydroxylation sites is 1. The fourth-order valence-corrected chi connectivity index (χ4v) is 3.66. The Bertz CT molecular complexity index is 1300. The quantitative estimate of drug-likeness (QED) is 0.538. The number of aromatic nitrogens is 4. The Morgan fingerprint density at radius 1 is 1.10 bits per heavy atom. The second-order valence-corrected chi connectivity index (χ2v) is 7.94. The van der Waals surface area contributed by atoms with E-state index in [0.29, 0.717) is 22.3 Å². The molecule has 2 aromatic carbocycles. The third-order valence-corrected chi connectivity index (χ3v) is 5.23. The normalized spacial score (nSPS) is 11.3. The number of carbonyl (C=O) groups is 1. The molecule has 0 aliphatic rings. The highest BCUT2D eigenvalue weighted by atomic mass is 16.2. The predicted molar refractivity (Wildman–Crippen MR) is 120 cm³/mol. The first-order chi connectivity index (χ1) is 14.8. The molecule has 0 aliphatic heterocycles. The van der Waals surface area contributed by atoms with Gasteiger partial charge in [0.1, 0.15) is 5.82 Å². The highest BCUT2D eigenvalue weighted by molar-refractivity contribution is 5.94. The Labute approximate surface area is 180 Å². The molecule has 2 aromatic heterocycles. The number of fused-ring (bicyclic) bond motifs is 1. The zero-order chi connectivity index (χ0) is 22.1. The van der Waals surface area contributed by atoms with Crippen molar-refractivity contribution < 1.29 is 4.79 Å². The predicted octanol–water partition coefficient (Wildman–Crippen LogP) is 3.78. The largest absolute Gasteiger partial charge is 0.329 e. The third kappa shape index (κ3) is 4.12. The van der Waals surface area contributed by atoms with Crippen molar-refractivity contribution in [2.75, 3.05) is 0 Å². The van der Waals surface area contributed by atoms with Crippen molar-refractivity contribution in [3.05, 3.63) is 87.7 Å². The van der Waals surface area contributed by atoms with Crippen molar-refractivity contribution in [3.63, 3.8) is 0 Å². The second kappa shape index (κ2) is 8.18. The number of nitrogens with zero attached hydrogens (tertiary/aromatic N) is 4. The zero-order valence-corrected chi connectivity index (χ0v) is 18.1. The van der Waals surface area contributed by atoms with Crippen molar-refractivity contribution in [2.24, 2.45) is 0 Å². The minimum atomic E-state index is -0.203. The van der Waals surface area contributed by atoms with Crippen LogP contribution >= 0.6 is 0 Å². The molecule has 158 valence electrons. The van der Waals surface area contributed by atoms with E-state index in [-0.39, 0.29) is 24.1 Å². The lowest BCUT2D eigenvalue weighted by Crippen LogP contribution is -2.37. The summed E-state index contributed by atoms with van der Waals surface area (Å²) in [5.41, 5.74) is 3.87. The van der Waals surface area contributed by atoms with Crippen LogP contribution < -0.4 is 5.56 Å². The minimum Gasteiger partial charge on any atom is -0.329 e. The number of aryl methyl sites for hydroxylation is 2. The van der Waals surface area contributed by atoms with Gasteiger partial charge in [-0.1, -0.05) is 12.1 Å². The van der Waals surface area contributed by atoms with Crippen LogP contribution in [-0.2, 0) is 6.54 Å². The molecule has 0 atom stereocenters. The molecule has 0 saturated heterocycles. The monoisotopic (exact) mass is 415 g/mol. The molecule has 0 fully saturated rings. The van der Waals surface area contributed by atoms with Crippen LogP contribution in [-0.4, -0.2) is 36.6 Å². The van der Waals surface area contributed by atoms with Gasteiger partial charge in [0, 0.05) is 17.3 Å². The Balaban J connectivity index is 1.61. The van der Waals surface area contributed by atoms with Gasteiger partial charge in [-0.25, -0.2) is 9.67 Å². The van der Waals surface area contributed by atoms with E-state index < -0.39 is 0 Å². The summed E-state index contributed by atoms with van der Waals surface area (Å²) in [5, 5.41) is 5.02. The van der Waals surface area contributed by atoms with Crippen molar-refractivity contribution in [2.45, 2.75) is 40.3 Å². The molecular weight excluding hydrogens is 390 g/mol. The lowest BCUT2D eigenvalue weighted by atomic mass is 10.1. The molecule has 2 heterocycles. The molecule has 7 heteroatoms.